The standard InChI is InChI=1S/C28H26ClN3O4S/c1-35-22-12-13-23(25(15-22)36-2)30-26(33)16-32(28(34)14-19-6-4-3-5-7-19)17-27-31-24(18-37-27)20-8-10-21(29)11-9-20/h3-13,15,18H,14,16-17H2,1-2H3,(H,30,33). The molecule has 0 aliphatic carbocycles. The van der Waals surface area contributed by atoms with Crippen molar-refractivity contribution in [2.45, 2.75) is 13.0 Å². The summed E-state index contributed by atoms with van der Waals surface area (Å²) in [6.45, 7) is 0.0633. The lowest BCUT2D eigenvalue weighted by Crippen LogP contribution is -2.38. The molecule has 4 rings (SSSR count). The predicted octanol–water partition coefficient (Wildman–Crippen LogP) is 5.69. The van der Waals surface area contributed by atoms with Crippen molar-refractivity contribution in [3.8, 4) is 22.8 Å². The van der Waals surface area contributed by atoms with E-state index in [1.165, 1.54) is 23.3 Å². The van der Waals surface area contributed by atoms with Gasteiger partial charge in [0.15, 0.2) is 0 Å². The van der Waals surface area contributed by atoms with E-state index in [9.17, 15) is 9.59 Å². The van der Waals surface area contributed by atoms with Crippen LogP contribution in [0.15, 0.2) is 78.2 Å². The minimum Gasteiger partial charge on any atom is -0.497 e. The van der Waals surface area contributed by atoms with Crippen molar-refractivity contribution in [2.24, 2.45) is 0 Å². The molecule has 0 aliphatic rings. The van der Waals surface area contributed by atoms with Gasteiger partial charge in [0.25, 0.3) is 0 Å². The molecule has 0 fully saturated rings. The number of rotatable bonds is 10. The number of halogens is 1. The van der Waals surface area contributed by atoms with Crippen LogP contribution in [0.2, 0.25) is 5.02 Å². The van der Waals surface area contributed by atoms with Crippen molar-refractivity contribution in [3.05, 3.63) is 93.8 Å². The van der Waals surface area contributed by atoms with Gasteiger partial charge < -0.3 is 19.7 Å². The summed E-state index contributed by atoms with van der Waals surface area (Å²) < 4.78 is 10.6. The third-order valence-corrected chi connectivity index (χ3v) is 6.67. The number of nitrogens with zero attached hydrogens (tertiary/aromatic N) is 2. The molecule has 2 amide bonds. The van der Waals surface area contributed by atoms with Crippen LogP contribution in [0.4, 0.5) is 5.69 Å². The molecule has 0 unspecified atom stereocenters. The minimum absolute atomic E-state index is 0.142. The third kappa shape index (κ3) is 7.09. The molecule has 3 aromatic carbocycles. The molecule has 1 heterocycles. The van der Waals surface area contributed by atoms with E-state index in [1.807, 2.05) is 60.0 Å². The Morgan fingerprint density at radius 1 is 1.00 bits per heavy atom. The fourth-order valence-electron chi connectivity index (χ4n) is 3.68. The first kappa shape index (κ1) is 26.2. The van der Waals surface area contributed by atoms with E-state index in [0.29, 0.717) is 22.2 Å². The number of nitrogens with one attached hydrogen (secondary N) is 1. The molecule has 7 nitrogen and oxygen atoms in total. The van der Waals surface area contributed by atoms with Gasteiger partial charge in [-0.1, -0.05) is 54.1 Å². The molecule has 1 N–H and O–H groups in total. The predicted molar refractivity (Wildman–Crippen MR) is 146 cm³/mol. The van der Waals surface area contributed by atoms with Gasteiger partial charge in [-0.15, -0.1) is 11.3 Å². The Bertz CT molecular complexity index is 1360. The van der Waals surface area contributed by atoms with Crippen LogP contribution < -0.4 is 14.8 Å². The topological polar surface area (TPSA) is 80.8 Å². The summed E-state index contributed by atoms with van der Waals surface area (Å²) >= 11 is 7.44. The van der Waals surface area contributed by atoms with Crippen LogP contribution in [0.1, 0.15) is 10.6 Å². The molecule has 0 bridgehead atoms. The van der Waals surface area contributed by atoms with Crippen molar-refractivity contribution in [3.63, 3.8) is 0 Å². The van der Waals surface area contributed by atoms with Gasteiger partial charge in [-0.05, 0) is 29.8 Å². The molecule has 0 saturated heterocycles. The molecule has 9 heteroatoms. The highest BCUT2D eigenvalue weighted by atomic mass is 35.5. The Balaban J connectivity index is 1.52. The van der Waals surface area contributed by atoms with Crippen LogP contribution in [0.25, 0.3) is 11.3 Å². The highest BCUT2D eigenvalue weighted by molar-refractivity contribution is 7.09. The number of ether oxygens (including phenoxy) is 2. The van der Waals surface area contributed by atoms with Crippen molar-refractivity contribution in [1.82, 2.24) is 9.88 Å². The smallest absolute Gasteiger partial charge is 0.244 e. The Hall–Kier alpha value is -3.88. The first-order chi connectivity index (χ1) is 17.9. The van der Waals surface area contributed by atoms with Crippen molar-refractivity contribution < 1.29 is 19.1 Å². The molecule has 0 aliphatic heterocycles. The van der Waals surface area contributed by atoms with Crippen LogP contribution in [0.3, 0.4) is 0 Å². The van der Waals surface area contributed by atoms with Crippen LogP contribution >= 0.6 is 22.9 Å². The minimum atomic E-state index is -0.348. The molecule has 0 atom stereocenters. The summed E-state index contributed by atoms with van der Waals surface area (Å²) in [4.78, 5) is 32.5. The third-order valence-electron chi connectivity index (χ3n) is 5.59. The van der Waals surface area contributed by atoms with E-state index < -0.39 is 0 Å². The van der Waals surface area contributed by atoms with Crippen LogP contribution in [-0.2, 0) is 22.6 Å². The van der Waals surface area contributed by atoms with Gasteiger partial charge in [0.1, 0.15) is 23.1 Å². The van der Waals surface area contributed by atoms with Crippen molar-refractivity contribution in [1.29, 1.82) is 0 Å². The first-order valence-electron chi connectivity index (χ1n) is 11.5. The van der Waals surface area contributed by atoms with Gasteiger partial charge in [-0.3, -0.25) is 9.59 Å². The second kappa shape index (κ2) is 12.4. The van der Waals surface area contributed by atoms with E-state index in [0.717, 1.165) is 21.8 Å². The van der Waals surface area contributed by atoms with Gasteiger partial charge in [0, 0.05) is 22.0 Å². The van der Waals surface area contributed by atoms with Crippen molar-refractivity contribution in [2.75, 3.05) is 26.1 Å². The SMILES string of the molecule is COc1ccc(NC(=O)CN(Cc2nc(-c3ccc(Cl)cc3)cs2)C(=O)Cc2ccccc2)c(OC)c1. The van der Waals surface area contributed by atoms with Crippen molar-refractivity contribution >= 4 is 40.4 Å². The zero-order valence-corrected chi connectivity index (χ0v) is 22.0. The molecule has 37 heavy (non-hydrogen) atoms. The number of thiazole rings is 1. The molecule has 0 radical (unpaired) electrons. The van der Waals surface area contributed by atoms with Crippen LogP contribution in [0.5, 0.6) is 11.5 Å². The number of hydrogen-bond donors (Lipinski definition) is 1. The molecule has 0 spiro atoms. The number of hydrogen-bond acceptors (Lipinski definition) is 6. The normalized spacial score (nSPS) is 10.6. The number of methoxy groups -OCH3 is 2. The summed E-state index contributed by atoms with van der Waals surface area (Å²) in [5, 5.41) is 6.15. The number of carbonyl (C=O) groups excluding carboxylic acids is 2. The lowest BCUT2D eigenvalue weighted by atomic mass is 10.1. The van der Waals surface area contributed by atoms with Gasteiger partial charge in [-0.2, -0.15) is 0 Å². The lowest BCUT2D eigenvalue weighted by molar-refractivity contribution is -0.134. The summed E-state index contributed by atoms with van der Waals surface area (Å²) in [7, 11) is 3.07. The molecule has 190 valence electrons. The Kier molecular flexibility index (Phi) is 8.77. The summed E-state index contributed by atoms with van der Waals surface area (Å²) in [6, 6.07) is 22.0. The molecular formula is C28H26ClN3O4S. The van der Waals surface area contributed by atoms with Gasteiger partial charge >= 0.3 is 0 Å². The Morgan fingerprint density at radius 3 is 2.46 bits per heavy atom. The quantitative estimate of drug-likeness (QED) is 0.282. The highest BCUT2D eigenvalue weighted by Crippen LogP contribution is 2.29. The molecule has 1 aromatic heterocycles. The summed E-state index contributed by atoms with van der Waals surface area (Å²) in [5.41, 5.74) is 3.08. The lowest BCUT2D eigenvalue weighted by Gasteiger charge is -2.22. The second-order valence-electron chi connectivity index (χ2n) is 8.16. The average molecular weight is 536 g/mol. The fraction of sp³-hybridized carbons (Fsp3) is 0.179. The monoisotopic (exact) mass is 535 g/mol. The largest absolute Gasteiger partial charge is 0.497 e. The number of aromatic nitrogens is 1. The van der Waals surface area contributed by atoms with Gasteiger partial charge in [-0.25, -0.2) is 4.98 Å². The van der Waals surface area contributed by atoms with Crippen LogP contribution in [-0.4, -0.2) is 42.5 Å². The Labute approximate surface area is 224 Å². The van der Waals surface area contributed by atoms with E-state index in [2.05, 4.69) is 5.32 Å². The highest BCUT2D eigenvalue weighted by Gasteiger charge is 2.21. The summed E-state index contributed by atoms with van der Waals surface area (Å²) in [6.07, 6.45) is 0.176. The number of benzene rings is 3. The zero-order valence-electron chi connectivity index (χ0n) is 20.4. The number of amides is 2. The summed E-state index contributed by atoms with van der Waals surface area (Å²) in [5.74, 6) is 0.544. The zero-order chi connectivity index (χ0) is 26.2. The van der Waals surface area contributed by atoms with E-state index in [4.69, 9.17) is 26.1 Å². The van der Waals surface area contributed by atoms with E-state index in [-0.39, 0.29) is 31.3 Å². The molecule has 0 saturated carbocycles. The maximum atomic E-state index is 13.3. The number of anilines is 1. The maximum absolute atomic E-state index is 13.3. The maximum Gasteiger partial charge on any atom is 0.244 e. The average Bonchev–Trinajstić information content (AvgIpc) is 3.38. The van der Waals surface area contributed by atoms with Gasteiger partial charge in [0.2, 0.25) is 11.8 Å². The van der Waals surface area contributed by atoms with Gasteiger partial charge in [0.05, 0.1) is 38.6 Å². The molecular weight excluding hydrogens is 510 g/mol. The fourth-order valence-corrected chi connectivity index (χ4v) is 4.62. The molecule has 4 aromatic rings. The number of carbonyl (C=O) groups is 2. The Morgan fingerprint density at radius 2 is 1.76 bits per heavy atom. The second-order valence-corrected chi connectivity index (χ2v) is 9.54. The van der Waals surface area contributed by atoms with Crippen LogP contribution in [0, 0.1) is 0 Å². The van der Waals surface area contributed by atoms with E-state index >= 15 is 0 Å². The van der Waals surface area contributed by atoms with E-state index in [1.54, 1.807) is 25.3 Å². The first-order valence-corrected chi connectivity index (χ1v) is 12.7.